The van der Waals surface area contributed by atoms with Gasteiger partial charge in [-0.25, -0.2) is 13.1 Å². The quantitative estimate of drug-likeness (QED) is 0.721. The molecule has 1 aliphatic carbocycles. The Labute approximate surface area is 121 Å². The lowest BCUT2D eigenvalue weighted by molar-refractivity contribution is 0.519. The fourth-order valence-electron chi connectivity index (χ4n) is 2.52. The van der Waals surface area contributed by atoms with E-state index in [0.29, 0.717) is 29.9 Å². The van der Waals surface area contributed by atoms with Crippen LogP contribution < -0.4 is 10.0 Å². The molecule has 2 rings (SSSR count). The number of nitrogens with one attached hydrogen (secondary N) is 3. The molecule has 1 aromatic rings. The van der Waals surface area contributed by atoms with Crippen molar-refractivity contribution in [2.45, 2.75) is 57.0 Å². The summed E-state index contributed by atoms with van der Waals surface area (Å²) >= 11 is 0. The Morgan fingerprint density at radius 2 is 2.05 bits per heavy atom. The van der Waals surface area contributed by atoms with Gasteiger partial charge in [0.2, 0.25) is 10.0 Å². The van der Waals surface area contributed by atoms with Crippen molar-refractivity contribution in [3.8, 4) is 0 Å². The van der Waals surface area contributed by atoms with Crippen molar-refractivity contribution in [3.63, 3.8) is 0 Å². The van der Waals surface area contributed by atoms with Crippen molar-refractivity contribution in [3.05, 3.63) is 18.0 Å². The van der Waals surface area contributed by atoms with E-state index in [-0.39, 0.29) is 0 Å². The Balaban J connectivity index is 1.91. The minimum absolute atomic E-state index is 0.330. The molecule has 114 valence electrons. The Morgan fingerprint density at radius 1 is 1.35 bits per heavy atom. The van der Waals surface area contributed by atoms with E-state index in [1.807, 2.05) is 0 Å². The van der Waals surface area contributed by atoms with Gasteiger partial charge in [0.1, 0.15) is 0 Å². The van der Waals surface area contributed by atoms with Gasteiger partial charge in [-0.1, -0.05) is 26.7 Å². The summed E-state index contributed by atoms with van der Waals surface area (Å²) in [5.41, 5.74) is 0.889. The zero-order valence-electron chi connectivity index (χ0n) is 12.3. The summed E-state index contributed by atoms with van der Waals surface area (Å²) in [6.45, 7) is 5.33. The number of hydrogen-bond acceptors (Lipinski definition) is 3. The van der Waals surface area contributed by atoms with E-state index in [4.69, 9.17) is 0 Å². The van der Waals surface area contributed by atoms with Crippen LogP contribution in [0.15, 0.2) is 17.2 Å². The van der Waals surface area contributed by atoms with Gasteiger partial charge in [0.05, 0.1) is 4.90 Å². The topological polar surface area (TPSA) is 74.0 Å². The summed E-state index contributed by atoms with van der Waals surface area (Å²) in [6.07, 6.45) is 6.29. The number of hydrogen-bond donors (Lipinski definition) is 3. The number of aromatic amines is 1. The van der Waals surface area contributed by atoms with Crippen LogP contribution in [0.3, 0.4) is 0 Å². The number of aromatic nitrogens is 1. The highest BCUT2D eigenvalue weighted by Gasteiger charge is 2.20. The van der Waals surface area contributed by atoms with Crippen LogP contribution in [0.2, 0.25) is 0 Å². The zero-order valence-corrected chi connectivity index (χ0v) is 13.1. The summed E-state index contributed by atoms with van der Waals surface area (Å²) in [4.78, 5) is 3.34. The van der Waals surface area contributed by atoms with Crippen molar-refractivity contribution in [2.75, 3.05) is 6.54 Å². The second-order valence-electron chi connectivity index (χ2n) is 5.90. The van der Waals surface area contributed by atoms with Crippen molar-refractivity contribution >= 4 is 10.0 Å². The van der Waals surface area contributed by atoms with Gasteiger partial charge >= 0.3 is 0 Å². The maximum Gasteiger partial charge on any atom is 0.242 e. The smallest absolute Gasteiger partial charge is 0.242 e. The first-order valence-electron chi connectivity index (χ1n) is 7.38. The first-order chi connectivity index (χ1) is 9.47. The molecule has 1 saturated carbocycles. The third kappa shape index (κ3) is 4.33. The first kappa shape index (κ1) is 15.5. The van der Waals surface area contributed by atoms with E-state index in [9.17, 15) is 8.42 Å². The number of sulfonamides is 1. The summed E-state index contributed by atoms with van der Waals surface area (Å²) < 4.78 is 27.1. The fourth-order valence-corrected chi connectivity index (χ4v) is 3.65. The fraction of sp³-hybridized carbons (Fsp3) is 0.714. The SMILES string of the molecule is CC(C)NCc1cc(S(=O)(=O)NCC2CCCC2)c[nH]1. The van der Waals surface area contributed by atoms with Crippen LogP contribution in [0.5, 0.6) is 0 Å². The van der Waals surface area contributed by atoms with E-state index in [1.54, 1.807) is 12.3 Å². The minimum Gasteiger partial charge on any atom is -0.363 e. The van der Waals surface area contributed by atoms with Crippen LogP contribution in [0, 0.1) is 5.92 Å². The maximum absolute atomic E-state index is 12.2. The average Bonchev–Trinajstić information content (AvgIpc) is 3.05. The Morgan fingerprint density at radius 3 is 2.70 bits per heavy atom. The summed E-state index contributed by atoms with van der Waals surface area (Å²) in [7, 11) is -3.37. The van der Waals surface area contributed by atoms with Crippen LogP contribution in [0.4, 0.5) is 0 Å². The van der Waals surface area contributed by atoms with Gasteiger partial charge in [-0.05, 0) is 24.8 Å². The molecule has 6 heteroatoms. The molecule has 0 atom stereocenters. The number of H-pyrrole nitrogens is 1. The van der Waals surface area contributed by atoms with Crippen molar-refractivity contribution in [1.82, 2.24) is 15.0 Å². The van der Waals surface area contributed by atoms with Gasteiger partial charge in [-0.2, -0.15) is 0 Å². The van der Waals surface area contributed by atoms with Crippen molar-refractivity contribution in [2.24, 2.45) is 5.92 Å². The van der Waals surface area contributed by atoms with E-state index >= 15 is 0 Å². The average molecular weight is 299 g/mol. The Hall–Kier alpha value is -0.850. The standard InChI is InChI=1S/C14H25N3O2S/c1-11(2)15-9-13-7-14(10-16-13)20(18,19)17-8-12-5-3-4-6-12/h7,10-12,15-17H,3-6,8-9H2,1-2H3. The van der Waals surface area contributed by atoms with Crippen molar-refractivity contribution in [1.29, 1.82) is 0 Å². The highest BCUT2D eigenvalue weighted by Crippen LogP contribution is 2.24. The molecular formula is C14H25N3O2S. The molecular weight excluding hydrogens is 274 g/mol. The zero-order chi connectivity index (χ0) is 14.6. The van der Waals surface area contributed by atoms with Crippen LogP contribution in [-0.4, -0.2) is 26.0 Å². The van der Waals surface area contributed by atoms with Crippen LogP contribution in [-0.2, 0) is 16.6 Å². The maximum atomic E-state index is 12.2. The second-order valence-corrected chi connectivity index (χ2v) is 7.67. The molecule has 1 heterocycles. The molecule has 0 amide bonds. The van der Waals surface area contributed by atoms with Crippen LogP contribution >= 0.6 is 0 Å². The number of rotatable bonds is 7. The third-order valence-electron chi connectivity index (χ3n) is 3.76. The first-order valence-corrected chi connectivity index (χ1v) is 8.86. The van der Waals surface area contributed by atoms with Gasteiger partial charge in [0.25, 0.3) is 0 Å². The largest absolute Gasteiger partial charge is 0.363 e. The van der Waals surface area contributed by atoms with Crippen LogP contribution in [0.25, 0.3) is 0 Å². The van der Waals surface area contributed by atoms with E-state index in [2.05, 4.69) is 28.9 Å². The highest BCUT2D eigenvalue weighted by molar-refractivity contribution is 7.89. The molecule has 20 heavy (non-hydrogen) atoms. The lowest BCUT2D eigenvalue weighted by Gasteiger charge is -2.10. The summed E-state index contributed by atoms with van der Waals surface area (Å²) in [5.74, 6) is 0.505. The lowest BCUT2D eigenvalue weighted by Crippen LogP contribution is -2.28. The van der Waals surface area contributed by atoms with Gasteiger partial charge in [-0.3, -0.25) is 0 Å². The molecule has 0 radical (unpaired) electrons. The van der Waals surface area contributed by atoms with Gasteiger partial charge in [0, 0.05) is 31.0 Å². The molecule has 0 aromatic carbocycles. The molecule has 0 saturated heterocycles. The second kappa shape index (κ2) is 6.74. The monoisotopic (exact) mass is 299 g/mol. The molecule has 1 aliphatic rings. The van der Waals surface area contributed by atoms with Crippen molar-refractivity contribution < 1.29 is 8.42 Å². The Kier molecular flexibility index (Phi) is 5.23. The predicted molar refractivity (Wildman–Crippen MR) is 79.9 cm³/mol. The highest BCUT2D eigenvalue weighted by atomic mass is 32.2. The molecule has 0 unspecified atom stereocenters. The van der Waals surface area contributed by atoms with Crippen LogP contribution in [0.1, 0.15) is 45.2 Å². The molecule has 1 fully saturated rings. The minimum atomic E-state index is -3.37. The van der Waals surface area contributed by atoms with Gasteiger partial charge in [0.15, 0.2) is 0 Å². The summed E-state index contributed by atoms with van der Waals surface area (Å²) in [5, 5.41) is 3.26. The molecule has 0 aliphatic heterocycles. The van der Waals surface area contributed by atoms with Gasteiger partial charge < -0.3 is 10.3 Å². The molecule has 0 spiro atoms. The van der Waals surface area contributed by atoms with E-state index < -0.39 is 10.0 Å². The normalized spacial score (nSPS) is 17.1. The van der Waals surface area contributed by atoms with E-state index in [0.717, 1.165) is 18.5 Å². The summed E-state index contributed by atoms with van der Waals surface area (Å²) in [6, 6.07) is 2.07. The predicted octanol–water partition coefficient (Wildman–Crippen LogP) is 1.98. The molecule has 0 bridgehead atoms. The van der Waals surface area contributed by atoms with Gasteiger partial charge in [-0.15, -0.1) is 0 Å². The Bertz CT molecular complexity index is 516. The molecule has 1 aromatic heterocycles. The van der Waals surface area contributed by atoms with E-state index in [1.165, 1.54) is 12.8 Å². The lowest BCUT2D eigenvalue weighted by atomic mass is 10.1. The molecule has 3 N–H and O–H groups in total. The molecule has 5 nitrogen and oxygen atoms in total. The third-order valence-corrected chi connectivity index (χ3v) is 5.17.